The number of aromatic nitrogens is 1. The highest BCUT2D eigenvalue weighted by molar-refractivity contribution is 7.91. The fraction of sp³-hybridized carbons (Fsp3) is 0.545. The molecule has 2 heterocycles. The Hall–Kier alpha value is -0.980. The first-order valence-corrected chi connectivity index (χ1v) is 7.42. The zero-order valence-corrected chi connectivity index (χ0v) is 10.6. The Kier molecular flexibility index (Phi) is 3.46. The third-order valence-electron chi connectivity index (χ3n) is 3.33. The summed E-state index contributed by atoms with van der Waals surface area (Å²) in [6.07, 6.45) is 4.13. The van der Waals surface area contributed by atoms with E-state index in [0.717, 1.165) is 11.1 Å². The molecule has 1 fully saturated rings. The lowest BCUT2D eigenvalue weighted by Crippen LogP contribution is -2.34. The van der Waals surface area contributed by atoms with E-state index in [2.05, 4.69) is 10.4 Å². The van der Waals surface area contributed by atoms with Crippen molar-refractivity contribution in [3.05, 3.63) is 29.6 Å². The SMILES string of the molecule is Cc1ccncc1C(NN)C1CCS(=O)(=O)C1. The Morgan fingerprint density at radius 2 is 2.35 bits per heavy atom. The van der Waals surface area contributed by atoms with E-state index in [1.54, 1.807) is 12.4 Å². The van der Waals surface area contributed by atoms with Crippen molar-refractivity contribution in [3.63, 3.8) is 0 Å². The Morgan fingerprint density at radius 3 is 2.88 bits per heavy atom. The van der Waals surface area contributed by atoms with Crippen LogP contribution < -0.4 is 11.3 Å². The molecule has 1 aromatic rings. The molecule has 0 saturated carbocycles. The van der Waals surface area contributed by atoms with Crippen LogP contribution in [0.25, 0.3) is 0 Å². The minimum atomic E-state index is -2.89. The van der Waals surface area contributed by atoms with E-state index in [1.807, 2.05) is 13.0 Å². The molecule has 0 radical (unpaired) electrons. The molecule has 2 unspecified atom stereocenters. The van der Waals surface area contributed by atoms with Gasteiger partial charge < -0.3 is 0 Å². The highest BCUT2D eigenvalue weighted by Crippen LogP contribution is 2.31. The zero-order valence-electron chi connectivity index (χ0n) is 9.76. The predicted molar refractivity (Wildman–Crippen MR) is 65.8 cm³/mol. The molecule has 94 valence electrons. The number of nitrogens with one attached hydrogen (secondary N) is 1. The van der Waals surface area contributed by atoms with Gasteiger partial charge in [0.15, 0.2) is 9.84 Å². The molecule has 0 aromatic carbocycles. The lowest BCUT2D eigenvalue weighted by atomic mass is 9.92. The van der Waals surface area contributed by atoms with E-state index in [1.165, 1.54) is 0 Å². The average Bonchev–Trinajstić information content (AvgIpc) is 2.63. The number of pyridine rings is 1. The van der Waals surface area contributed by atoms with Crippen molar-refractivity contribution in [2.24, 2.45) is 11.8 Å². The third kappa shape index (κ3) is 2.65. The Bertz CT molecular complexity index is 501. The number of sulfone groups is 1. The Balaban J connectivity index is 2.26. The van der Waals surface area contributed by atoms with Gasteiger partial charge in [-0.2, -0.15) is 0 Å². The lowest BCUT2D eigenvalue weighted by molar-refractivity contribution is 0.397. The van der Waals surface area contributed by atoms with E-state index in [4.69, 9.17) is 5.84 Å². The van der Waals surface area contributed by atoms with Gasteiger partial charge in [-0.3, -0.25) is 16.3 Å². The smallest absolute Gasteiger partial charge is 0.150 e. The Labute approximate surface area is 101 Å². The average molecular weight is 255 g/mol. The molecule has 6 heteroatoms. The quantitative estimate of drug-likeness (QED) is 0.600. The number of rotatable bonds is 3. The molecule has 1 aliphatic rings. The van der Waals surface area contributed by atoms with Crippen molar-refractivity contribution in [2.75, 3.05) is 11.5 Å². The highest BCUT2D eigenvalue weighted by Gasteiger charge is 2.34. The summed E-state index contributed by atoms with van der Waals surface area (Å²) in [7, 11) is -2.89. The van der Waals surface area contributed by atoms with Crippen molar-refractivity contribution in [3.8, 4) is 0 Å². The van der Waals surface area contributed by atoms with Crippen molar-refractivity contribution in [1.82, 2.24) is 10.4 Å². The van der Waals surface area contributed by atoms with E-state index in [0.29, 0.717) is 6.42 Å². The fourth-order valence-electron chi connectivity index (χ4n) is 2.37. The van der Waals surface area contributed by atoms with Gasteiger partial charge in [0.1, 0.15) is 0 Å². The molecule has 1 aliphatic heterocycles. The molecular weight excluding hydrogens is 238 g/mol. The molecule has 1 aromatic heterocycles. The highest BCUT2D eigenvalue weighted by atomic mass is 32.2. The summed E-state index contributed by atoms with van der Waals surface area (Å²) in [5, 5.41) is 0. The van der Waals surface area contributed by atoms with Crippen LogP contribution >= 0.6 is 0 Å². The second-order valence-corrected chi connectivity index (χ2v) is 6.77. The summed E-state index contributed by atoms with van der Waals surface area (Å²) in [6, 6.07) is 1.77. The topological polar surface area (TPSA) is 85.1 Å². The van der Waals surface area contributed by atoms with Crippen molar-refractivity contribution in [1.29, 1.82) is 0 Å². The largest absolute Gasteiger partial charge is 0.271 e. The molecule has 1 saturated heterocycles. The summed E-state index contributed by atoms with van der Waals surface area (Å²) in [6.45, 7) is 1.98. The van der Waals surface area contributed by atoms with Gasteiger partial charge in [0.05, 0.1) is 17.5 Å². The molecule has 3 N–H and O–H groups in total. The number of nitrogens with zero attached hydrogens (tertiary/aromatic N) is 1. The fourth-order valence-corrected chi connectivity index (χ4v) is 4.21. The van der Waals surface area contributed by atoms with Crippen LogP contribution in [0.5, 0.6) is 0 Å². The normalized spacial score (nSPS) is 24.7. The lowest BCUT2D eigenvalue weighted by Gasteiger charge is -2.23. The number of hydrogen-bond donors (Lipinski definition) is 2. The van der Waals surface area contributed by atoms with E-state index < -0.39 is 9.84 Å². The van der Waals surface area contributed by atoms with Gasteiger partial charge in [-0.1, -0.05) is 0 Å². The first kappa shape index (κ1) is 12.5. The van der Waals surface area contributed by atoms with Crippen LogP contribution in [-0.4, -0.2) is 24.9 Å². The number of nitrogens with two attached hydrogens (primary N) is 1. The van der Waals surface area contributed by atoms with Gasteiger partial charge in [-0.15, -0.1) is 0 Å². The number of hydrogen-bond acceptors (Lipinski definition) is 5. The summed E-state index contributed by atoms with van der Waals surface area (Å²) in [4.78, 5) is 4.08. The summed E-state index contributed by atoms with van der Waals surface area (Å²) >= 11 is 0. The molecule has 2 rings (SSSR count). The predicted octanol–water partition coefficient (Wildman–Crippen LogP) is 0.329. The van der Waals surface area contributed by atoms with Crippen LogP contribution in [0.15, 0.2) is 18.5 Å². The van der Waals surface area contributed by atoms with Gasteiger partial charge in [0, 0.05) is 12.4 Å². The summed E-state index contributed by atoms with van der Waals surface area (Å²) in [5.74, 6) is 6.07. The van der Waals surface area contributed by atoms with E-state index >= 15 is 0 Å². The second kappa shape index (κ2) is 4.72. The van der Waals surface area contributed by atoms with Gasteiger partial charge in [-0.05, 0) is 36.5 Å². The van der Waals surface area contributed by atoms with Gasteiger partial charge in [0.25, 0.3) is 0 Å². The maximum atomic E-state index is 11.5. The van der Waals surface area contributed by atoms with Crippen molar-refractivity contribution < 1.29 is 8.42 Å². The summed E-state index contributed by atoms with van der Waals surface area (Å²) in [5.41, 5.74) is 4.79. The molecular formula is C11H17N3O2S. The van der Waals surface area contributed by atoms with Crippen LogP contribution in [0.2, 0.25) is 0 Å². The molecule has 2 atom stereocenters. The molecule has 0 spiro atoms. The van der Waals surface area contributed by atoms with Gasteiger partial charge in [-0.25, -0.2) is 8.42 Å². The standard InChI is InChI=1S/C11H17N3O2S/c1-8-2-4-13-6-10(8)11(14-12)9-3-5-17(15,16)7-9/h2,4,6,9,11,14H,3,5,7,12H2,1H3. The minimum absolute atomic E-state index is 0.0351. The van der Waals surface area contributed by atoms with Crippen molar-refractivity contribution >= 4 is 9.84 Å². The van der Waals surface area contributed by atoms with E-state index in [-0.39, 0.29) is 23.5 Å². The van der Waals surface area contributed by atoms with E-state index in [9.17, 15) is 8.42 Å². The molecule has 5 nitrogen and oxygen atoms in total. The van der Waals surface area contributed by atoms with Crippen LogP contribution in [0, 0.1) is 12.8 Å². The van der Waals surface area contributed by atoms with Crippen LogP contribution in [0.4, 0.5) is 0 Å². The number of aryl methyl sites for hydroxylation is 1. The van der Waals surface area contributed by atoms with Gasteiger partial charge >= 0.3 is 0 Å². The van der Waals surface area contributed by atoms with Crippen LogP contribution in [0.3, 0.4) is 0 Å². The minimum Gasteiger partial charge on any atom is -0.271 e. The van der Waals surface area contributed by atoms with Crippen LogP contribution in [-0.2, 0) is 9.84 Å². The maximum Gasteiger partial charge on any atom is 0.150 e. The Morgan fingerprint density at radius 1 is 1.59 bits per heavy atom. The molecule has 0 amide bonds. The first-order valence-electron chi connectivity index (χ1n) is 5.60. The molecule has 0 aliphatic carbocycles. The maximum absolute atomic E-state index is 11.5. The third-order valence-corrected chi connectivity index (χ3v) is 5.13. The zero-order chi connectivity index (χ0) is 12.5. The van der Waals surface area contributed by atoms with Crippen LogP contribution in [0.1, 0.15) is 23.6 Å². The molecule has 0 bridgehead atoms. The van der Waals surface area contributed by atoms with Crippen molar-refractivity contribution in [2.45, 2.75) is 19.4 Å². The monoisotopic (exact) mass is 255 g/mol. The second-order valence-electron chi connectivity index (χ2n) is 4.54. The first-order chi connectivity index (χ1) is 8.03. The molecule has 17 heavy (non-hydrogen) atoms. The van der Waals surface area contributed by atoms with Gasteiger partial charge in [0.2, 0.25) is 0 Å². The number of hydrazine groups is 1. The summed E-state index contributed by atoms with van der Waals surface area (Å²) < 4.78 is 23.0.